The van der Waals surface area contributed by atoms with Crippen molar-refractivity contribution in [3.63, 3.8) is 0 Å². The van der Waals surface area contributed by atoms with Crippen LogP contribution in [0.3, 0.4) is 0 Å². The summed E-state index contributed by atoms with van der Waals surface area (Å²) in [6, 6.07) is 12.9. The second-order valence-corrected chi connectivity index (χ2v) is 9.19. The van der Waals surface area contributed by atoms with Crippen molar-refractivity contribution in [3.05, 3.63) is 75.5 Å². The summed E-state index contributed by atoms with van der Waals surface area (Å²) >= 11 is 0. The van der Waals surface area contributed by atoms with Crippen molar-refractivity contribution >= 4 is 28.4 Å². The van der Waals surface area contributed by atoms with Crippen molar-refractivity contribution in [2.75, 3.05) is 19.7 Å². The monoisotopic (exact) mass is 460 g/mol. The second-order valence-electron chi connectivity index (χ2n) is 9.19. The van der Waals surface area contributed by atoms with Crippen LogP contribution in [0.4, 0.5) is 5.69 Å². The van der Waals surface area contributed by atoms with Gasteiger partial charge in [0.2, 0.25) is 11.8 Å². The lowest BCUT2D eigenvalue weighted by Crippen LogP contribution is -2.63. The van der Waals surface area contributed by atoms with Crippen molar-refractivity contribution in [1.29, 1.82) is 0 Å². The Balaban J connectivity index is 1.47. The van der Waals surface area contributed by atoms with Crippen LogP contribution in [0.5, 0.6) is 0 Å². The van der Waals surface area contributed by atoms with Gasteiger partial charge in [-0.2, -0.15) is 0 Å². The Bertz CT molecular complexity index is 1310. The topological polar surface area (TPSA) is 109 Å². The minimum Gasteiger partial charge on any atom is -0.376 e. The number of H-pyrrole nitrogens is 1. The summed E-state index contributed by atoms with van der Waals surface area (Å²) in [7, 11) is 0. The number of benzene rings is 2. The molecule has 2 aromatic carbocycles. The molecule has 4 heterocycles. The SMILES string of the molecule is O=C1[C@H]2Cc3c([nH]c4ccccc34)[C@H](c3cccc([N+](=O)[O-])c3)N2C(=O)CN1C[C@@H]1CCCO1. The molecule has 1 N–H and O–H groups in total. The molecule has 2 fully saturated rings. The van der Waals surface area contributed by atoms with E-state index in [1.807, 2.05) is 24.3 Å². The number of non-ortho nitro benzene ring substituents is 1. The third-order valence-corrected chi connectivity index (χ3v) is 7.19. The van der Waals surface area contributed by atoms with Gasteiger partial charge in [-0.25, -0.2) is 0 Å². The molecule has 0 aliphatic carbocycles. The number of para-hydroxylation sites is 1. The standard InChI is InChI=1S/C25H24N4O5/c30-22-14-27(13-17-7-4-10-34-17)25(31)21-12-19-18-8-1-2-9-20(18)26-23(19)24(28(21)22)15-5-3-6-16(11-15)29(32)33/h1-3,5-6,8-9,11,17,21,24,26H,4,7,10,12-14H2/t17-,21+,24-/m0/s1. The van der Waals surface area contributed by atoms with Gasteiger partial charge in [-0.1, -0.05) is 30.3 Å². The molecule has 0 spiro atoms. The Morgan fingerprint density at radius 2 is 2.00 bits per heavy atom. The normalized spacial score (nSPS) is 24.4. The number of carbonyl (C=O) groups is 2. The lowest BCUT2D eigenvalue weighted by atomic mass is 9.86. The Labute approximate surface area is 195 Å². The van der Waals surface area contributed by atoms with E-state index in [4.69, 9.17) is 4.74 Å². The molecule has 1 aromatic heterocycles. The predicted octanol–water partition coefficient (Wildman–Crippen LogP) is 2.94. The van der Waals surface area contributed by atoms with Gasteiger partial charge in [0, 0.05) is 48.3 Å². The lowest BCUT2D eigenvalue weighted by molar-refractivity contribution is -0.384. The number of aromatic nitrogens is 1. The van der Waals surface area contributed by atoms with Gasteiger partial charge in [0.05, 0.1) is 23.6 Å². The lowest BCUT2D eigenvalue weighted by Gasteiger charge is -2.47. The number of nitrogens with zero attached hydrogens (tertiary/aromatic N) is 3. The fourth-order valence-electron chi connectivity index (χ4n) is 5.67. The zero-order valence-electron chi connectivity index (χ0n) is 18.5. The van der Waals surface area contributed by atoms with Crippen LogP contribution in [0.2, 0.25) is 0 Å². The van der Waals surface area contributed by atoms with Gasteiger partial charge in [0.15, 0.2) is 0 Å². The molecule has 9 nitrogen and oxygen atoms in total. The molecule has 0 radical (unpaired) electrons. The average Bonchev–Trinajstić information content (AvgIpc) is 3.48. The molecule has 6 rings (SSSR count). The van der Waals surface area contributed by atoms with Gasteiger partial charge in [0.25, 0.3) is 5.69 Å². The maximum atomic E-state index is 13.7. The summed E-state index contributed by atoms with van der Waals surface area (Å²) in [5, 5.41) is 12.5. The number of amides is 2. The summed E-state index contributed by atoms with van der Waals surface area (Å²) in [6.45, 7) is 1.08. The van der Waals surface area contributed by atoms with E-state index in [0.29, 0.717) is 25.1 Å². The smallest absolute Gasteiger partial charge is 0.269 e. The maximum absolute atomic E-state index is 13.7. The van der Waals surface area contributed by atoms with Crippen molar-refractivity contribution < 1.29 is 19.2 Å². The zero-order chi connectivity index (χ0) is 23.4. The predicted molar refractivity (Wildman–Crippen MR) is 123 cm³/mol. The molecule has 0 saturated carbocycles. The summed E-state index contributed by atoms with van der Waals surface area (Å²) in [4.78, 5) is 44.9. The molecular formula is C25H24N4O5. The van der Waals surface area contributed by atoms with E-state index >= 15 is 0 Å². The van der Waals surface area contributed by atoms with Crippen LogP contribution in [0.25, 0.3) is 10.9 Å². The first-order chi connectivity index (χ1) is 16.5. The van der Waals surface area contributed by atoms with Gasteiger partial charge in [-0.3, -0.25) is 19.7 Å². The number of carbonyl (C=O) groups excluding carboxylic acids is 2. The number of hydrogen-bond acceptors (Lipinski definition) is 5. The van der Waals surface area contributed by atoms with Crippen LogP contribution in [0.15, 0.2) is 48.5 Å². The average molecular weight is 460 g/mol. The van der Waals surface area contributed by atoms with Gasteiger partial charge in [-0.15, -0.1) is 0 Å². The summed E-state index contributed by atoms with van der Waals surface area (Å²) in [5.74, 6) is -0.259. The molecule has 0 bridgehead atoms. The number of fused-ring (bicyclic) bond motifs is 4. The quantitative estimate of drug-likeness (QED) is 0.476. The first-order valence-corrected chi connectivity index (χ1v) is 11.6. The van der Waals surface area contributed by atoms with Crippen LogP contribution in [0, 0.1) is 10.1 Å². The number of nitro benzene ring substituents is 1. The van der Waals surface area contributed by atoms with Gasteiger partial charge >= 0.3 is 0 Å². The molecule has 3 aromatic rings. The molecule has 3 atom stereocenters. The Morgan fingerprint density at radius 3 is 2.79 bits per heavy atom. The largest absolute Gasteiger partial charge is 0.376 e. The van der Waals surface area contributed by atoms with E-state index in [1.54, 1.807) is 21.9 Å². The molecule has 174 valence electrons. The molecule has 3 aliphatic rings. The highest BCUT2D eigenvalue weighted by molar-refractivity contribution is 5.97. The minimum atomic E-state index is -0.668. The van der Waals surface area contributed by atoms with E-state index in [0.717, 1.165) is 35.0 Å². The fourth-order valence-corrected chi connectivity index (χ4v) is 5.67. The number of ether oxygens (including phenoxy) is 1. The highest BCUT2D eigenvalue weighted by Gasteiger charge is 2.48. The van der Waals surface area contributed by atoms with Gasteiger partial charge < -0.3 is 19.5 Å². The number of rotatable bonds is 4. The van der Waals surface area contributed by atoms with Crippen LogP contribution in [-0.2, 0) is 20.7 Å². The van der Waals surface area contributed by atoms with Gasteiger partial charge in [-0.05, 0) is 30.0 Å². The molecule has 2 saturated heterocycles. The van der Waals surface area contributed by atoms with Crippen molar-refractivity contribution in [3.8, 4) is 0 Å². The Kier molecular flexibility index (Phi) is 4.88. The van der Waals surface area contributed by atoms with E-state index in [2.05, 4.69) is 4.98 Å². The first kappa shape index (κ1) is 20.9. The highest BCUT2D eigenvalue weighted by Crippen LogP contribution is 2.43. The third-order valence-electron chi connectivity index (χ3n) is 7.19. The number of nitro groups is 1. The van der Waals surface area contributed by atoms with Crippen molar-refractivity contribution in [2.45, 2.75) is 37.5 Å². The third kappa shape index (κ3) is 3.27. The molecular weight excluding hydrogens is 436 g/mol. The number of aromatic amines is 1. The van der Waals surface area contributed by atoms with Crippen molar-refractivity contribution in [2.24, 2.45) is 0 Å². The summed E-state index contributed by atoms with van der Waals surface area (Å²) in [5.41, 5.74) is 3.27. The van der Waals surface area contributed by atoms with E-state index in [9.17, 15) is 19.7 Å². The van der Waals surface area contributed by atoms with Crippen LogP contribution in [0.1, 0.15) is 35.7 Å². The molecule has 3 aliphatic heterocycles. The molecule has 9 heteroatoms. The highest BCUT2D eigenvalue weighted by atomic mass is 16.6. The first-order valence-electron chi connectivity index (χ1n) is 11.6. The second kappa shape index (κ2) is 7.95. The molecule has 2 amide bonds. The van der Waals surface area contributed by atoms with E-state index in [1.165, 1.54) is 12.1 Å². The van der Waals surface area contributed by atoms with Crippen molar-refractivity contribution in [1.82, 2.24) is 14.8 Å². The number of hydrogen-bond donors (Lipinski definition) is 1. The maximum Gasteiger partial charge on any atom is 0.269 e. The minimum absolute atomic E-state index is 0.0177. The number of piperazine rings is 1. The van der Waals surface area contributed by atoms with Crippen LogP contribution >= 0.6 is 0 Å². The summed E-state index contributed by atoms with van der Waals surface area (Å²) in [6.07, 6.45) is 2.21. The van der Waals surface area contributed by atoms with E-state index < -0.39 is 17.0 Å². The van der Waals surface area contributed by atoms with Crippen LogP contribution in [-0.4, -0.2) is 63.4 Å². The molecule has 0 unspecified atom stereocenters. The Hall–Kier alpha value is -3.72. The van der Waals surface area contributed by atoms with Gasteiger partial charge in [0.1, 0.15) is 6.04 Å². The molecule has 34 heavy (non-hydrogen) atoms. The van der Waals surface area contributed by atoms with E-state index in [-0.39, 0.29) is 30.2 Å². The fraction of sp³-hybridized carbons (Fsp3) is 0.360. The Morgan fingerprint density at radius 1 is 1.15 bits per heavy atom. The van der Waals surface area contributed by atoms with Crippen LogP contribution < -0.4 is 0 Å². The number of nitrogens with one attached hydrogen (secondary N) is 1. The zero-order valence-corrected chi connectivity index (χ0v) is 18.5. The summed E-state index contributed by atoms with van der Waals surface area (Å²) < 4.78 is 5.72.